The number of carbonyl (C=O) groups is 1. The number of para-hydroxylation sites is 1. The van der Waals surface area contributed by atoms with Crippen molar-refractivity contribution in [2.75, 3.05) is 6.54 Å². The number of nitrogens with zero attached hydrogens (tertiary/aromatic N) is 1. The van der Waals surface area contributed by atoms with Gasteiger partial charge in [0, 0.05) is 12.1 Å². The standard InChI is InChI=1S/C15H18F2N2O2/c1-9-14(20)19(8-10-6-7-10)13(18-9)11-4-2-3-5-12(11)21-15(16)17/h2-5,9-10,13,15,18H,6-8H2,1H3. The highest BCUT2D eigenvalue weighted by Gasteiger charge is 2.41. The zero-order chi connectivity index (χ0) is 15.0. The molecule has 3 rings (SSSR count). The maximum Gasteiger partial charge on any atom is 0.387 e. The molecule has 1 aromatic carbocycles. The monoisotopic (exact) mass is 296 g/mol. The Morgan fingerprint density at radius 1 is 1.38 bits per heavy atom. The van der Waals surface area contributed by atoms with Crippen molar-refractivity contribution in [2.45, 2.75) is 38.6 Å². The number of hydrogen-bond donors (Lipinski definition) is 1. The van der Waals surface area contributed by atoms with Gasteiger partial charge in [0.1, 0.15) is 11.9 Å². The molecular weight excluding hydrogens is 278 g/mol. The van der Waals surface area contributed by atoms with Crippen LogP contribution in [0.2, 0.25) is 0 Å². The van der Waals surface area contributed by atoms with Gasteiger partial charge in [-0.25, -0.2) is 0 Å². The molecule has 2 fully saturated rings. The third-order valence-corrected chi connectivity index (χ3v) is 3.95. The highest BCUT2D eigenvalue weighted by atomic mass is 19.3. The van der Waals surface area contributed by atoms with Crippen LogP contribution in [0.3, 0.4) is 0 Å². The van der Waals surface area contributed by atoms with Crippen LogP contribution in [-0.4, -0.2) is 30.0 Å². The van der Waals surface area contributed by atoms with Crippen molar-refractivity contribution in [3.63, 3.8) is 0 Å². The summed E-state index contributed by atoms with van der Waals surface area (Å²) < 4.78 is 29.7. The van der Waals surface area contributed by atoms with Gasteiger partial charge in [0.25, 0.3) is 0 Å². The number of carbonyl (C=O) groups excluding carboxylic acids is 1. The zero-order valence-electron chi connectivity index (χ0n) is 11.8. The van der Waals surface area contributed by atoms with E-state index in [-0.39, 0.29) is 17.7 Å². The minimum absolute atomic E-state index is 0.0127. The fourth-order valence-electron chi connectivity index (χ4n) is 2.72. The Hall–Kier alpha value is -1.69. The molecule has 1 amide bonds. The van der Waals surface area contributed by atoms with Gasteiger partial charge in [-0.15, -0.1) is 0 Å². The lowest BCUT2D eigenvalue weighted by atomic mass is 10.1. The maximum atomic E-state index is 12.5. The van der Waals surface area contributed by atoms with E-state index in [0.717, 1.165) is 12.8 Å². The molecule has 21 heavy (non-hydrogen) atoms. The summed E-state index contributed by atoms with van der Waals surface area (Å²) in [5.74, 6) is 0.665. The van der Waals surface area contributed by atoms with E-state index in [0.29, 0.717) is 18.0 Å². The molecule has 2 atom stereocenters. The molecule has 1 heterocycles. The second-order valence-electron chi connectivity index (χ2n) is 5.64. The van der Waals surface area contributed by atoms with Gasteiger partial charge < -0.3 is 9.64 Å². The van der Waals surface area contributed by atoms with E-state index in [9.17, 15) is 13.6 Å². The van der Waals surface area contributed by atoms with Crippen LogP contribution in [0.1, 0.15) is 31.5 Å². The molecule has 1 aliphatic heterocycles. The largest absolute Gasteiger partial charge is 0.434 e. The number of alkyl halides is 2. The van der Waals surface area contributed by atoms with Crippen molar-refractivity contribution in [3.8, 4) is 5.75 Å². The molecule has 2 unspecified atom stereocenters. The van der Waals surface area contributed by atoms with Crippen LogP contribution in [0.25, 0.3) is 0 Å². The van der Waals surface area contributed by atoms with Gasteiger partial charge in [0.2, 0.25) is 5.91 Å². The second kappa shape index (κ2) is 5.60. The SMILES string of the molecule is CC1NC(c2ccccc2OC(F)F)N(CC2CC2)C1=O. The van der Waals surface area contributed by atoms with Crippen LogP contribution >= 0.6 is 0 Å². The van der Waals surface area contributed by atoms with Gasteiger partial charge >= 0.3 is 6.61 Å². The lowest BCUT2D eigenvalue weighted by molar-refractivity contribution is -0.130. The van der Waals surface area contributed by atoms with Crippen molar-refractivity contribution in [3.05, 3.63) is 29.8 Å². The average molecular weight is 296 g/mol. The summed E-state index contributed by atoms with van der Waals surface area (Å²) >= 11 is 0. The number of rotatable bonds is 5. The predicted octanol–water partition coefficient (Wildman–Crippen LogP) is 2.52. The van der Waals surface area contributed by atoms with Gasteiger partial charge in [-0.05, 0) is 31.7 Å². The molecule has 1 aromatic rings. The van der Waals surface area contributed by atoms with E-state index in [1.54, 1.807) is 30.0 Å². The normalized spacial score (nSPS) is 25.7. The smallest absolute Gasteiger partial charge is 0.387 e. The Morgan fingerprint density at radius 2 is 2.10 bits per heavy atom. The maximum absolute atomic E-state index is 12.5. The van der Waals surface area contributed by atoms with Gasteiger partial charge in [0.15, 0.2) is 0 Å². The van der Waals surface area contributed by atoms with Crippen molar-refractivity contribution >= 4 is 5.91 Å². The van der Waals surface area contributed by atoms with E-state index in [1.807, 2.05) is 0 Å². The van der Waals surface area contributed by atoms with Crippen LogP contribution in [-0.2, 0) is 4.79 Å². The zero-order valence-corrected chi connectivity index (χ0v) is 11.8. The quantitative estimate of drug-likeness (QED) is 0.908. The molecule has 1 N–H and O–H groups in total. The van der Waals surface area contributed by atoms with Crippen molar-refractivity contribution < 1.29 is 18.3 Å². The number of ether oxygens (including phenoxy) is 1. The first kappa shape index (κ1) is 14.3. The molecule has 114 valence electrons. The van der Waals surface area contributed by atoms with Crippen LogP contribution in [0.15, 0.2) is 24.3 Å². The number of amides is 1. The highest BCUT2D eigenvalue weighted by molar-refractivity contribution is 5.84. The number of nitrogens with one attached hydrogen (secondary N) is 1. The number of benzene rings is 1. The topological polar surface area (TPSA) is 41.6 Å². The minimum atomic E-state index is -2.88. The molecule has 2 aliphatic rings. The molecule has 0 bridgehead atoms. The van der Waals surface area contributed by atoms with Gasteiger partial charge in [-0.3, -0.25) is 10.1 Å². The van der Waals surface area contributed by atoms with Crippen molar-refractivity contribution in [1.82, 2.24) is 10.2 Å². The lowest BCUT2D eigenvalue weighted by Gasteiger charge is -2.26. The molecule has 4 nitrogen and oxygen atoms in total. The van der Waals surface area contributed by atoms with Gasteiger partial charge in [0.05, 0.1) is 6.04 Å². The minimum Gasteiger partial charge on any atom is -0.434 e. The van der Waals surface area contributed by atoms with E-state index in [2.05, 4.69) is 10.1 Å². The average Bonchev–Trinajstić information content (AvgIpc) is 3.21. The third kappa shape index (κ3) is 3.00. The predicted molar refractivity (Wildman–Crippen MR) is 72.8 cm³/mol. The molecule has 0 spiro atoms. The van der Waals surface area contributed by atoms with E-state index < -0.39 is 12.8 Å². The van der Waals surface area contributed by atoms with Gasteiger partial charge in [-0.2, -0.15) is 8.78 Å². The Kier molecular flexibility index (Phi) is 3.80. The summed E-state index contributed by atoms with van der Waals surface area (Å²) in [6.45, 7) is -0.416. The Bertz CT molecular complexity index is 534. The van der Waals surface area contributed by atoms with Crippen LogP contribution < -0.4 is 10.1 Å². The molecule has 1 saturated heterocycles. The summed E-state index contributed by atoms with van der Waals surface area (Å²) in [5.41, 5.74) is 0.580. The first-order chi connectivity index (χ1) is 10.1. The summed E-state index contributed by atoms with van der Waals surface area (Å²) in [7, 11) is 0. The molecule has 0 radical (unpaired) electrons. The fraction of sp³-hybridized carbons (Fsp3) is 0.533. The van der Waals surface area contributed by atoms with Crippen LogP contribution in [0.4, 0.5) is 8.78 Å². The second-order valence-corrected chi connectivity index (χ2v) is 5.64. The van der Waals surface area contributed by atoms with Crippen LogP contribution in [0, 0.1) is 5.92 Å². The highest BCUT2D eigenvalue weighted by Crippen LogP contribution is 2.37. The summed E-state index contributed by atoms with van der Waals surface area (Å²) in [4.78, 5) is 14.0. The number of hydrogen-bond acceptors (Lipinski definition) is 3. The van der Waals surface area contributed by atoms with Crippen molar-refractivity contribution in [2.24, 2.45) is 5.92 Å². The molecule has 0 aromatic heterocycles. The fourth-order valence-corrected chi connectivity index (χ4v) is 2.72. The Balaban J connectivity index is 1.88. The molecule has 1 saturated carbocycles. The lowest BCUT2D eigenvalue weighted by Crippen LogP contribution is -2.32. The summed E-state index contributed by atoms with van der Waals surface area (Å²) in [6.07, 6.45) is 1.85. The summed E-state index contributed by atoms with van der Waals surface area (Å²) in [5, 5.41) is 3.17. The Morgan fingerprint density at radius 3 is 2.76 bits per heavy atom. The molecule has 6 heteroatoms. The van der Waals surface area contributed by atoms with E-state index >= 15 is 0 Å². The first-order valence-electron chi connectivity index (χ1n) is 7.16. The molecular formula is C15H18F2N2O2. The first-order valence-corrected chi connectivity index (χ1v) is 7.16. The third-order valence-electron chi connectivity index (χ3n) is 3.95. The molecule has 1 aliphatic carbocycles. The van der Waals surface area contributed by atoms with E-state index in [1.165, 1.54) is 6.07 Å². The summed E-state index contributed by atoms with van der Waals surface area (Å²) in [6, 6.07) is 6.32. The number of halogens is 2. The van der Waals surface area contributed by atoms with Crippen LogP contribution in [0.5, 0.6) is 5.75 Å². The van der Waals surface area contributed by atoms with E-state index in [4.69, 9.17) is 0 Å². The van der Waals surface area contributed by atoms with Crippen molar-refractivity contribution in [1.29, 1.82) is 0 Å². The Labute approximate surface area is 122 Å². The van der Waals surface area contributed by atoms with Gasteiger partial charge in [-0.1, -0.05) is 18.2 Å².